The van der Waals surface area contributed by atoms with Gasteiger partial charge in [0, 0.05) is 17.5 Å². The third-order valence-corrected chi connectivity index (χ3v) is 2.73. The van der Waals surface area contributed by atoms with E-state index in [0.717, 1.165) is 11.8 Å². The van der Waals surface area contributed by atoms with Gasteiger partial charge in [-0.25, -0.2) is 4.79 Å². The van der Waals surface area contributed by atoms with Crippen LogP contribution in [0.1, 0.15) is 17.2 Å². The van der Waals surface area contributed by atoms with Gasteiger partial charge < -0.3 is 4.98 Å². The highest BCUT2D eigenvalue weighted by Crippen LogP contribution is 2.17. The van der Waals surface area contributed by atoms with Crippen molar-refractivity contribution in [2.75, 3.05) is 0 Å². The van der Waals surface area contributed by atoms with Gasteiger partial charge in [0.1, 0.15) is 5.56 Å². The van der Waals surface area contributed by atoms with E-state index in [-0.39, 0.29) is 12.0 Å². The smallest absolute Gasteiger partial charge is 0.314 e. The molecule has 1 unspecified atom stereocenters. The van der Waals surface area contributed by atoms with E-state index in [9.17, 15) is 19.7 Å². The van der Waals surface area contributed by atoms with Crippen LogP contribution in [0.3, 0.4) is 0 Å². The predicted molar refractivity (Wildman–Crippen MR) is 67.6 cm³/mol. The van der Waals surface area contributed by atoms with Crippen LogP contribution in [0.25, 0.3) is 0 Å². The lowest BCUT2D eigenvalue weighted by Crippen LogP contribution is -2.29. The molecular weight excluding hydrogens is 250 g/mol. The first kappa shape index (κ1) is 12.7. The van der Waals surface area contributed by atoms with Crippen LogP contribution in [-0.2, 0) is 6.42 Å². The second-order valence-electron chi connectivity index (χ2n) is 4.02. The minimum Gasteiger partial charge on any atom is -0.314 e. The number of rotatable bonds is 4. The molecule has 1 heterocycles. The van der Waals surface area contributed by atoms with E-state index in [4.69, 9.17) is 0 Å². The molecule has 0 radical (unpaired) electrons. The Hall–Kier alpha value is -2.70. The van der Waals surface area contributed by atoms with Crippen LogP contribution in [0.4, 0.5) is 0 Å². The number of nitrogens with one attached hydrogen (secondary N) is 2. The molecule has 98 valence electrons. The van der Waals surface area contributed by atoms with Crippen molar-refractivity contribution in [2.45, 2.75) is 12.5 Å². The van der Waals surface area contributed by atoms with Gasteiger partial charge in [-0.2, -0.15) is 0 Å². The van der Waals surface area contributed by atoms with Crippen LogP contribution in [0.5, 0.6) is 0 Å². The highest BCUT2D eigenvalue weighted by atomic mass is 16.6. The summed E-state index contributed by atoms with van der Waals surface area (Å²) in [5, 5.41) is 11.1. The lowest BCUT2D eigenvalue weighted by Gasteiger charge is -2.08. The SMILES string of the molecule is O=c1[nH]cc(C(Cc2ccccc2)[N+](=O)[O-])c(=O)[nH]1. The van der Waals surface area contributed by atoms with Gasteiger partial charge >= 0.3 is 5.69 Å². The van der Waals surface area contributed by atoms with Crippen molar-refractivity contribution in [1.29, 1.82) is 0 Å². The molecule has 2 rings (SSSR count). The molecule has 2 N–H and O–H groups in total. The summed E-state index contributed by atoms with van der Waals surface area (Å²) >= 11 is 0. The van der Waals surface area contributed by atoms with E-state index < -0.39 is 22.2 Å². The summed E-state index contributed by atoms with van der Waals surface area (Å²) < 4.78 is 0. The van der Waals surface area contributed by atoms with Crippen LogP contribution in [0.15, 0.2) is 46.1 Å². The van der Waals surface area contributed by atoms with E-state index in [1.807, 2.05) is 4.98 Å². The zero-order valence-corrected chi connectivity index (χ0v) is 9.83. The van der Waals surface area contributed by atoms with Gasteiger partial charge in [0.05, 0.1) is 0 Å². The summed E-state index contributed by atoms with van der Waals surface area (Å²) in [5.41, 5.74) is -0.736. The molecule has 0 saturated carbocycles. The van der Waals surface area contributed by atoms with Gasteiger partial charge in [-0.05, 0) is 5.56 Å². The van der Waals surface area contributed by atoms with Crippen molar-refractivity contribution in [3.63, 3.8) is 0 Å². The van der Waals surface area contributed by atoms with Crippen LogP contribution in [0.2, 0.25) is 0 Å². The number of aromatic nitrogens is 2. The number of nitro groups is 1. The van der Waals surface area contributed by atoms with Crippen molar-refractivity contribution in [3.8, 4) is 0 Å². The molecule has 2 aromatic rings. The molecule has 1 aromatic heterocycles. The Morgan fingerprint density at radius 3 is 2.47 bits per heavy atom. The van der Waals surface area contributed by atoms with Crippen molar-refractivity contribution >= 4 is 0 Å². The minimum absolute atomic E-state index is 0.0616. The van der Waals surface area contributed by atoms with E-state index >= 15 is 0 Å². The molecule has 7 nitrogen and oxygen atoms in total. The molecule has 1 aromatic carbocycles. The minimum atomic E-state index is -1.19. The summed E-state index contributed by atoms with van der Waals surface area (Å²) in [4.78, 5) is 37.3. The van der Waals surface area contributed by atoms with Gasteiger partial charge in [-0.15, -0.1) is 0 Å². The maximum absolute atomic E-state index is 11.6. The second kappa shape index (κ2) is 5.30. The molecule has 0 bridgehead atoms. The third kappa shape index (κ3) is 2.95. The normalized spacial score (nSPS) is 12.0. The van der Waals surface area contributed by atoms with Crippen molar-refractivity contribution < 1.29 is 4.92 Å². The number of benzene rings is 1. The summed E-state index contributed by atoms with van der Waals surface area (Å²) in [6.45, 7) is 0. The Kier molecular flexibility index (Phi) is 3.56. The average molecular weight is 261 g/mol. The van der Waals surface area contributed by atoms with Gasteiger partial charge in [-0.1, -0.05) is 30.3 Å². The summed E-state index contributed by atoms with van der Waals surface area (Å²) in [6.07, 6.45) is 1.18. The lowest BCUT2D eigenvalue weighted by atomic mass is 10.0. The zero-order chi connectivity index (χ0) is 13.8. The molecule has 0 saturated heterocycles. The third-order valence-electron chi connectivity index (χ3n) is 2.73. The van der Waals surface area contributed by atoms with Gasteiger partial charge in [0.25, 0.3) is 5.56 Å². The highest BCUT2D eigenvalue weighted by Gasteiger charge is 2.26. The summed E-state index contributed by atoms with van der Waals surface area (Å²) in [5.74, 6) is 0. The Morgan fingerprint density at radius 2 is 1.89 bits per heavy atom. The Balaban J connectivity index is 2.38. The first-order valence-electron chi connectivity index (χ1n) is 5.57. The number of hydrogen-bond acceptors (Lipinski definition) is 4. The Bertz CT molecular complexity index is 690. The van der Waals surface area contributed by atoms with Crippen molar-refractivity contribution in [2.24, 2.45) is 0 Å². The molecule has 0 spiro atoms. The van der Waals surface area contributed by atoms with E-state index in [1.54, 1.807) is 30.3 Å². The van der Waals surface area contributed by atoms with Crippen LogP contribution < -0.4 is 11.2 Å². The molecule has 0 fully saturated rings. The van der Waals surface area contributed by atoms with Gasteiger partial charge in [-0.3, -0.25) is 19.9 Å². The standard InChI is InChI=1S/C12H11N3O4/c16-11-9(7-13-12(17)14-11)10(15(18)19)6-8-4-2-1-3-5-8/h1-5,7,10H,6H2,(H2,13,14,16,17). The van der Waals surface area contributed by atoms with Gasteiger partial charge in [0.2, 0.25) is 6.04 Å². The Morgan fingerprint density at radius 1 is 1.21 bits per heavy atom. The fourth-order valence-electron chi connectivity index (χ4n) is 1.80. The predicted octanol–water partition coefficient (Wildman–Crippen LogP) is 0.624. The van der Waals surface area contributed by atoms with Crippen LogP contribution in [-0.4, -0.2) is 14.9 Å². The highest BCUT2D eigenvalue weighted by molar-refractivity contribution is 5.18. The Labute approximate surface area is 107 Å². The van der Waals surface area contributed by atoms with Crippen molar-refractivity contribution in [1.82, 2.24) is 9.97 Å². The maximum atomic E-state index is 11.6. The van der Waals surface area contributed by atoms with Crippen LogP contribution in [0, 0.1) is 10.1 Å². The second-order valence-corrected chi connectivity index (χ2v) is 4.02. The topological polar surface area (TPSA) is 109 Å². The van der Waals surface area contributed by atoms with E-state index in [0.29, 0.717) is 0 Å². The molecular formula is C12H11N3O4. The number of H-pyrrole nitrogens is 2. The van der Waals surface area contributed by atoms with E-state index in [2.05, 4.69) is 4.98 Å². The molecule has 1 atom stereocenters. The number of aromatic amines is 2. The fraction of sp³-hybridized carbons (Fsp3) is 0.167. The quantitative estimate of drug-likeness (QED) is 0.621. The maximum Gasteiger partial charge on any atom is 0.325 e. The lowest BCUT2D eigenvalue weighted by molar-refractivity contribution is -0.528. The summed E-state index contributed by atoms with van der Waals surface area (Å²) in [7, 11) is 0. The first-order valence-corrected chi connectivity index (χ1v) is 5.57. The van der Waals surface area contributed by atoms with Crippen LogP contribution >= 0.6 is 0 Å². The molecule has 7 heteroatoms. The molecule has 0 amide bonds. The molecule has 0 aliphatic carbocycles. The van der Waals surface area contributed by atoms with Crippen molar-refractivity contribution in [3.05, 3.63) is 78.6 Å². The molecule has 0 aliphatic rings. The van der Waals surface area contributed by atoms with E-state index in [1.165, 1.54) is 0 Å². The largest absolute Gasteiger partial charge is 0.325 e. The zero-order valence-electron chi connectivity index (χ0n) is 9.83. The number of nitrogens with zero attached hydrogens (tertiary/aromatic N) is 1. The molecule has 0 aliphatic heterocycles. The fourth-order valence-corrected chi connectivity index (χ4v) is 1.80. The first-order chi connectivity index (χ1) is 9.08. The number of hydrogen-bond donors (Lipinski definition) is 2. The van der Waals surface area contributed by atoms with Gasteiger partial charge in [0.15, 0.2) is 0 Å². The molecule has 19 heavy (non-hydrogen) atoms. The average Bonchev–Trinajstić information content (AvgIpc) is 2.38. The summed E-state index contributed by atoms with van der Waals surface area (Å²) in [6, 6.07) is 7.64. The monoisotopic (exact) mass is 261 g/mol.